The summed E-state index contributed by atoms with van der Waals surface area (Å²) in [5.74, 6) is -1.60. The van der Waals surface area contributed by atoms with Crippen molar-refractivity contribution in [1.82, 2.24) is 0 Å². The SMILES string of the molecule is CCC(Oc1ccccc1F)C(=O)Nc1ccc(OC(F)(F)F)cc1. The summed E-state index contributed by atoms with van der Waals surface area (Å²) >= 11 is 0. The summed E-state index contributed by atoms with van der Waals surface area (Å²) in [6.07, 6.45) is -5.47. The zero-order valence-electron chi connectivity index (χ0n) is 13.1. The molecule has 2 aromatic rings. The number of ether oxygens (including phenoxy) is 2. The number of alkyl halides is 3. The smallest absolute Gasteiger partial charge is 0.478 e. The summed E-state index contributed by atoms with van der Waals surface area (Å²) in [4.78, 5) is 12.2. The summed E-state index contributed by atoms with van der Waals surface area (Å²) in [7, 11) is 0. The number of hydrogen-bond acceptors (Lipinski definition) is 3. The molecule has 0 spiro atoms. The number of carbonyl (C=O) groups is 1. The molecule has 0 aliphatic rings. The predicted molar refractivity (Wildman–Crippen MR) is 82.9 cm³/mol. The van der Waals surface area contributed by atoms with E-state index in [1.54, 1.807) is 13.0 Å². The molecule has 1 N–H and O–H groups in total. The third kappa shape index (κ3) is 5.66. The molecule has 0 fully saturated rings. The van der Waals surface area contributed by atoms with Crippen LogP contribution >= 0.6 is 0 Å². The van der Waals surface area contributed by atoms with E-state index in [0.29, 0.717) is 0 Å². The van der Waals surface area contributed by atoms with Crippen LogP contribution in [0.15, 0.2) is 48.5 Å². The van der Waals surface area contributed by atoms with Gasteiger partial charge in [0.2, 0.25) is 0 Å². The molecule has 1 amide bonds. The van der Waals surface area contributed by atoms with Crippen LogP contribution in [0.25, 0.3) is 0 Å². The molecule has 0 aliphatic heterocycles. The quantitative estimate of drug-likeness (QED) is 0.774. The van der Waals surface area contributed by atoms with Gasteiger partial charge in [-0.15, -0.1) is 13.2 Å². The zero-order valence-corrected chi connectivity index (χ0v) is 13.1. The lowest BCUT2D eigenvalue weighted by Crippen LogP contribution is -2.32. The summed E-state index contributed by atoms with van der Waals surface area (Å²) in [6, 6.07) is 10.3. The maximum atomic E-state index is 13.6. The summed E-state index contributed by atoms with van der Waals surface area (Å²) in [6.45, 7) is 1.69. The average Bonchev–Trinajstić information content (AvgIpc) is 2.54. The minimum Gasteiger partial charge on any atom is -0.478 e. The van der Waals surface area contributed by atoms with Crippen molar-refractivity contribution < 1.29 is 31.8 Å². The molecule has 2 aromatic carbocycles. The Hall–Kier alpha value is -2.77. The highest BCUT2D eigenvalue weighted by Gasteiger charge is 2.31. The number of amides is 1. The number of hydrogen-bond donors (Lipinski definition) is 1. The van der Waals surface area contributed by atoms with Gasteiger partial charge < -0.3 is 14.8 Å². The van der Waals surface area contributed by atoms with E-state index in [9.17, 15) is 22.4 Å². The van der Waals surface area contributed by atoms with Crippen molar-refractivity contribution in [3.63, 3.8) is 0 Å². The van der Waals surface area contributed by atoms with Crippen molar-refractivity contribution in [2.75, 3.05) is 5.32 Å². The van der Waals surface area contributed by atoms with Crippen molar-refractivity contribution in [3.05, 3.63) is 54.3 Å². The van der Waals surface area contributed by atoms with Crippen LogP contribution in [0.2, 0.25) is 0 Å². The Labute approximate surface area is 141 Å². The van der Waals surface area contributed by atoms with E-state index in [1.165, 1.54) is 30.3 Å². The van der Waals surface area contributed by atoms with Crippen LogP contribution in [0.3, 0.4) is 0 Å². The zero-order chi connectivity index (χ0) is 18.4. The molecule has 1 unspecified atom stereocenters. The van der Waals surface area contributed by atoms with Gasteiger partial charge in [-0.25, -0.2) is 4.39 Å². The van der Waals surface area contributed by atoms with Crippen LogP contribution in [-0.2, 0) is 4.79 Å². The van der Waals surface area contributed by atoms with E-state index >= 15 is 0 Å². The molecule has 25 heavy (non-hydrogen) atoms. The van der Waals surface area contributed by atoms with Gasteiger partial charge in [-0.2, -0.15) is 0 Å². The summed E-state index contributed by atoms with van der Waals surface area (Å²) in [5.41, 5.74) is 0.259. The maximum Gasteiger partial charge on any atom is 0.573 e. The fourth-order valence-corrected chi connectivity index (χ4v) is 1.98. The number of para-hydroxylation sites is 1. The Kier molecular flexibility index (Phi) is 5.84. The lowest BCUT2D eigenvalue weighted by Gasteiger charge is -2.18. The molecular formula is C17H15F4NO3. The first kappa shape index (κ1) is 18.6. The molecule has 0 saturated carbocycles. The van der Waals surface area contributed by atoms with E-state index in [1.807, 2.05) is 0 Å². The van der Waals surface area contributed by atoms with E-state index in [0.717, 1.165) is 12.1 Å². The van der Waals surface area contributed by atoms with Gasteiger partial charge in [0, 0.05) is 5.69 Å². The van der Waals surface area contributed by atoms with Gasteiger partial charge in [0.1, 0.15) is 5.75 Å². The number of carbonyl (C=O) groups excluding carboxylic acids is 1. The van der Waals surface area contributed by atoms with E-state index < -0.39 is 29.9 Å². The first-order chi connectivity index (χ1) is 11.8. The van der Waals surface area contributed by atoms with Gasteiger partial charge in [0.05, 0.1) is 0 Å². The molecule has 0 bridgehead atoms. The van der Waals surface area contributed by atoms with Crippen LogP contribution in [-0.4, -0.2) is 18.4 Å². The average molecular weight is 357 g/mol. The normalized spacial score (nSPS) is 12.4. The van der Waals surface area contributed by atoms with Crippen molar-refractivity contribution in [1.29, 1.82) is 0 Å². The molecular weight excluding hydrogens is 342 g/mol. The largest absolute Gasteiger partial charge is 0.573 e. The lowest BCUT2D eigenvalue weighted by atomic mass is 10.2. The highest BCUT2D eigenvalue weighted by atomic mass is 19.4. The molecule has 1 atom stereocenters. The van der Waals surface area contributed by atoms with E-state index in [2.05, 4.69) is 10.1 Å². The third-order valence-corrected chi connectivity index (χ3v) is 3.12. The Morgan fingerprint density at radius 3 is 2.32 bits per heavy atom. The maximum absolute atomic E-state index is 13.6. The second-order valence-electron chi connectivity index (χ2n) is 5.01. The van der Waals surface area contributed by atoms with Gasteiger partial charge >= 0.3 is 6.36 Å². The van der Waals surface area contributed by atoms with Crippen LogP contribution in [0.5, 0.6) is 11.5 Å². The van der Waals surface area contributed by atoms with Gasteiger partial charge in [0.25, 0.3) is 5.91 Å². The van der Waals surface area contributed by atoms with Gasteiger partial charge in [-0.1, -0.05) is 19.1 Å². The molecule has 0 heterocycles. The molecule has 0 aromatic heterocycles. The predicted octanol–water partition coefficient (Wildman–Crippen LogP) is 4.52. The number of halogens is 4. The monoisotopic (exact) mass is 357 g/mol. The first-order valence-corrected chi connectivity index (χ1v) is 7.36. The number of benzene rings is 2. The Bertz CT molecular complexity index is 717. The van der Waals surface area contributed by atoms with Crippen LogP contribution < -0.4 is 14.8 Å². The molecule has 8 heteroatoms. The van der Waals surface area contributed by atoms with Gasteiger partial charge in [0.15, 0.2) is 17.7 Å². The van der Waals surface area contributed by atoms with Crippen molar-refractivity contribution in [2.45, 2.75) is 25.8 Å². The molecule has 0 aliphatic carbocycles. The fourth-order valence-electron chi connectivity index (χ4n) is 1.98. The van der Waals surface area contributed by atoms with Gasteiger partial charge in [-0.3, -0.25) is 4.79 Å². The topological polar surface area (TPSA) is 47.6 Å². The Morgan fingerprint density at radius 2 is 1.76 bits per heavy atom. The fraction of sp³-hybridized carbons (Fsp3) is 0.235. The van der Waals surface area contributed by atoms with Crippen LogP contribution in [0, 0.1) is 5.82 Å². The van der Waals surface area contributed by atoms with Crippen molar-refractivity contribution in [2.24, 2.45) is 0 Å². The molecule has 0 saturated heterocycles. The first-order valence-electron chi connectivity index (χ1n) is 7.36. The van der Waals surface area contributed by atoms with Crippen LogP contribution in [0.4, 0.5) is 23.2 Å². The third-order valence-electron chi connectivity index (χ3n) is 3.12. The minimum atomic E-state index is -4.79. The number of anilines is 1. The Balaban J connectivity index is 2.00. The second kappa shape index (κ2) is 7.87. The Morgan fingerprint density at radius 1 is 1.12 bits per heavy atom. The molecule has 134 valence electrons. The highest BCUT2D eigenvalue weighted by molar-refractivity contribution is 5.94. The molecule has 0 radical (unpaired) electrons. The molecule has 4 nitrogen and oxygen atoms in total. The van der Waals surface area contributed by atoms with E-state index in [-0.39, 0.29) is 17.9 Å². The number of rotatable bonds is 6. The summed E-state index contributed by atoms with van der Waals surface area (Å²) < 4.78 is 59.0. The lowest BCUT2D eigenvalue weighted by molar-refractivity contribution is -0.274. The van der Waals surface area contributed by atoms with Crippen LogP contribution in [0.1, 0.15) is 13.3 Å². The molecule has 2 rings (SSSR count). The van der Waals surface area contributed by atoms with Crippen molar-refractivity contribution in [3.8, 4) is 11.5 Å². The van der Waals surface area contributed by atoms with Crippen molar-refractivity contribution >= 4 is 11.6 Å². The summed E-state index contributed by atoms with van der Waals surface area (Å²) in [5, 5.41) is 2.50. The number of nitrogens with one attached hydrogen (secondary N) is 1. The standard InChI is InChI=1S/C17H15F4NO3/c1-2-14(24-15-6-4-3-5-13(15)18)16(23)22-11-7-9-12(10-8-11)25-17(19,20)21/h3-10,14H,2H2,1H3,(H,22,23). The highest BCUT2D eigenvalue weighted by Crippen LogP contribution is 2.24. The minimum absolute atomic E-state index is 0.0570. The van der Waals surface area contributed by atoms with Gasteiger partial charge in [-0.05, 0) is 42.8 Å². The second-order valence-corrected chi connectivity index (χ2v) is 5.01. The van der Waals surface area contributed by atoms with E-state index in [4.69, 9.17) is 4.74 Å².